The standard InChI is InChI=1S/C15H26N2O3/c1-15(2)10-17(9-8-16(15)3)13(18)11-6-4-5-7-12(11)14(19)20/h11-12H,4-10H2,1-3H3,(H,19,20). The number of hydrogen-bond acceptors (Lipinski definition) is 3. The van der Waals surface area contributed by atoms with E-state index < -0.39 is 11.9 Å². The quantitative estimate of drug-likeness (QED) is 0.832. The van der Waals surface area contributed by atoms with Crippen molar-refractivity contribution < 1.29 is 14.7 Å². The smallest absolute Gasteiger partial charge is 0.307 e. The molecule has 2 rings (SSSR count). The molecule has 1 N–H and O–H groups in total. The van der Waals surface area contributed by atoms with E-state index in [-0.39, 0.29) is 17.4 Å². The number of aliphatic carboxylic acids is 1. The molecule has 2 unspecified atom stereocenters. The monoisotopic (exact) mass is 282 g/mol. The van der Waals surface area contributed by atoms with Crippen molar-refractivity contribution >= 4 is 11.9 Å². The van der Waals surface area contributed by atoms with Crippen LogP contribution in [0.1, 0.15) is 39.5 Å². The zero-order valence-electron chi connectivity index (χ0n) is 12.8. The predicted molar refractivity (Wildman–Crippen MR) is 76.4 cm³/mol. The van der Waals surface area contributed by atoms with Crippen molar-refractivity contribution in [2.24, 2.45) is 11.8 Å². The minimum Gasteiger partial charge on any atom is -0.481 e. The van der Waals surface area contributed by atoms with Crippen LogP contribution in [0.2, 0.25) is 0 Å². The number of piperazine rings is 1. The fourth-order valence-electron chi connectivity index (χ4n) is 3.38. The molecule has 2 fully saturated rings. The lowest BCUT2D eigenvalue weighted by atomic mass is 9.78. The zero-order valence-corrected chi connectivity index (χ0v) is 12.8. The second kappa shape index (κ2) is 5.72. The maximum atomic E-state index is 12.7. The van der Waals surface area contributed by atoms with Crippen LogP contribution in [0.25, 0.3) is 0 Å². The van der Waals surface area contributed by atoms with Crippen molar-refractivity contribution in [3.63, 3.8) is 0 Å². The molecule has 1 amide bonds. The Hall–Kier alpha value is -1.10. The highest BCUT2D eigenvalue weighted by atomic mass is 16.4. The number of amides is 1. The first-order valence-electron chi connectivity index (χ1n) is 7.56. The van der Waals surface area contributed by atoms with E-state index in [0.29, 0.717) is 19.5 Å². The van der Waals surface area contributed by atoms with Crippen LogP contribution >= 0.6 is 0 Å². The maximum Gasteiger partial charge on any atom is 0.307 e. The Morgan fingerprint density at radius 3 is 2.25 bits per heavy atom. The van der Waals surface area contributed by atoms with Crippen LogP contribution in [0.15, 0.2) is 0 Å². The van der Waals surface area contributed by atoms with Gasteiger partial charge in [0.1, 0.15) is 0 Å². The summed E-state index contributed by atoms with van der Waals surface area (Å²) >= 11 is 0. The van der Waals surface area contributed by atoms with Crippen molar-refractivity contribution in [3.05, 3.63) is 0 Å². The molecular formula is C15H26N2O3. The normalized spacial score (nSPS) is 31.1. The van der Waals surface area contributed by atoms with Gasteiger partial charge in [-0.2, -0.15) is 0 Å². The van der Waals surface area contributed by atoms with E-state index in [0.717, 1.165) is 25.8 Å². The SMILES string of the molecule is CN1CCN(C(=O)C2CCCCC2C(=O)O)CC1(C)C. The summed E-state index contributed by atoms with van der Waals surface area (Å²) in [5, 5.41) is 9.32. The van der Waals surface area contributed by atoms with Crippen LogP contribution < -0.4 is 0 Å². The minimum absolute atomic E-state index is 0.0404. The molecule has 20 heavy (non-hydrogen) atoms. The number of hydrogen-bond donors (Lipinski definition) is 1. The fraction of sp³-hybridized carbons (Fsp3) is 0.867. The fourth-order valence-corrected chi connectivity index (χ4v) is 3.38. The van der Waals surface area contributed by atoms with Gasteiger partial charge in [0.05, 0.1) is 11.8 Å². The van der Waals surface area contributed by atoms with Crippen molar-refractivity contribution in [1.82, 2.24) is 9.80 Å². The van der Waals surface area contributed by atoms with Crippen LogP contribution in [0, 0.1) is 11.8 Å². The summed E-state index contributed by atoms with van der Waals surface area (Å²) in [5.74, 6) is -1.56. The molecule has 114 valence electrons. The summed E-state index contributed by atoms with van der Waals surface area (Å²) in [6.07, 6.45) is 3.26. The third-order valence-electron chi connectivity index (χ3n) is 5.03. The minimum atomic E-state index is -0.809. The third kappa shape index (κ3) is 2.97. The van der Waals surface area contributed by atoms with Gasteiger partial charge in [0.15, 0.2) is 0 Å². The summed E-state index contributed by atoms with van der Waals surface area (Å²) in [7, 11) is 2.07. The average molecular weight is 282 g/mol. The Morgan fingerprint density at radius 2 is 1.70 bits per heavy atom. The topological polar surface area (TPSA) is 60.9 Å². The van der Waals surface area contributed by atoms with Crippen molar-refractivity contribution in [3.8, 4) is 0 Å². The van der Waals surface area contributed by atoms with Crippen LogP contribution in [0.4, 0.5) is 0 Å². The lowest BCUT2D eigenvalue weighted by molar-refractivity contribution is -0.154. The molecule has 0 radical (unpaired) electrons. The summed E-state index contributed by atoms with van der Waals surface area (Å²) in [5.41, 5.74) is -0.0404. The summed E-state index contributed by atoms with van der Waals surface area (Å²) < 4.78 is 0. The van der Waals surface area contributed by atoms with Gasteiger partial charge in [-0.25, -0.2) is 0 Å². The van der Waals surface area contributed by atoms with Crippen LogP contribution in [0.5, 0.6) is 0 Å². The molecule has 5 heteroatoms. The molecule has 0 spiro atoms. The van der Waals surface area contributed by atoms with Crippen LogP contribution in [-0.2, 0) is 9.59 Å². The van der Waals surface area contributed by atoms with Gasteiger partial charge < -0.3 is 10.0 Å². The molecule has 1 saturated carbocycles. The van der Waals surface area contributed by atoms with Crippen LogP contribution in [-0.4, -0.2) is 59.0 Å². The van der Waals surface area contributed by atoms with E-state index in [4.69, 9.17) is 0 Å². The highest BCUT2D eigenvalue weighted by Crippen LogP contribution is 2.33. The number of carboxylic acid groups (broad SMARTS) is 1. The lowest BCUT2D eigenvalue weighted by Crippen LogP contribution is -2.60. The number of rotatable bonds is 2. The predicted octanol–water partition coefficient (Wildman–Crippen LogP) is 1.43. The van der Waals surface area contributed by atoms with E-state index >= 15 is 0 Å². The first-order valence-corrected chi connectivity index (χ1v) is 7.56. The van der Waals surface area contributed by atoms with Gasteiger partial charge in [-0.3, -0.25) is 14.5 Å². The molecule has 5 nitrogen and oxygen atoms in total. The van der Waals surface area contributed by atoms with E-state index in [9.17, 15) is 14.7 Å². The first-order chi connectivity index (χ1) is 9.33. The molecule has 0 aromatic rings. The number of nitrogens with zero attached hydrogens (tertiary/aromatic N) is 2. The van der Waals surface area contributed by atoms with Crippen molar-refractivity contribution in [1.29, 1.82) is 0 Å². The zero-order chi connectivity index (χ0) is 14.9. The van der Waals surface area contributed by atoms with Crippen LogP contribution in [0.3, 0.4) is 0 Å². The molecule has 1 aliphatic carbocycles. The lowest BCUT2D eigenvalue weighted by Gasteiger charge is -2.46. The Kier molecular flexibility index (Phi) is 4.37. The summed E-state index contributed by atoms with van der Waals surface area (Å²) in [4.78, 5) is 28.2. The van der Waals surface area contributed by atoms with E-state index in [2.05, 4.69) is 25.8 Å². The Morgan fingerprint density at radius 1 is 1.10 bits per heavy atom. The first kappa shape index (κ1) is 15.3. The number of likely N-dealkylation sites (N-methyl/N-ethyl adjacent to an activating group) is 1. The molecule has 0 bridgehead atoms. The molecule has 2 aliphatic rings. The van der Waals surface area contributed by atoms with Gasteiger partial charge in [-0.1, -0.05) is 12.8 Å². The maximum absolute atomic E-state index is 12.7. The third-order valence-corrected chi connectivity index (χ3v) is 5.03. The molecule has 1 heterocycles. The highest BCUT2D eigenvalue weighted by molar-refractivity contribution is 5.85. The second-order valence-electron chi connectivity index (χ2n) is 6.83. The second-order valence-corrected chi connectivity index (χ2v) is 6.83. The molecule has 2 atom stereocenters. The molecule has 0 aromatic carbocycles. The Balaban J connectivity index is 2.08. The average Bonchev–Trinajstić information content (AvgIpc) is 2.41. The Bertz CT molecular complexity index is 395. The Labute approximate surface area is 120 Å². The van der Waals surface area contributed by atoms with Gasteiger partial charge in [0, 0.05) is 25.2 Å². The molecular weight excluding hydrogens is 256 g/mol. The van der Waals surface area contributed by atoms with Crippen molar-refractivity contribution in [2.75, 3.05) is 26.7 Å². The van der Waals surface area contributed by atoms with Gasteiger partial charge in [-0.05, 0) is 33.7 Å². The van der Waals surface area contributed by atoms with Gasteiger partial charge in [0.2, 0.25) is 5.91 Å². The molecule has 0 aromatic heterocycles. The molecule has 1 aliphatic heterocycles. The summed E-state index contributed by atoms with van der Waals surface area (Å²) in [6, 6.07) is 0. The van der Waals surface area contributed by atoms with E-state index in [1.165, 1.54) is 0 Å². The molecule has 1 saturated heterocycles. The van der Waals surface area contributed by atoms with E-state index in [1.54, 1.807) is 0 Å². The van der Waals surface area contributed by atoms with Gasteiger partial charge in [0.25, 0.3) is 0 Å². The van der Waals surface area contributed by atoms with Gasteiger partial charge in [-0.15, -0.1) is 0 Å². The number of carbonyl (C=O) groups excluding carboxylic acids is 1. The number of carboxylic acids is 1. The summed E-state index contributed by atoms with van der Waals surface area (Å²) in [6.45, 7) is 6.50. The number of carbonyl (C=O) groups is 2. The van der Waals surface area contributed by atoms with Gasteiger partial charge >= 0.3 is 5.97 Å². The van der Waals surface area contributed by atoms with E-state index in [1.807, 2.05) is 4.90 Å². The largest absolute Gasteiger partial charge is 0.481 e. The highest BCUT2D eigenvalue weighted by Gasteiger charge is 2.41. The van der Waals surface area contributed by atoms with Crippen molar-refractivity contribution in [2.45, 2.75) is 45.1 Å².